The van der Waals surface area contributed by atoms with E-state index in [1.807, 2.05) is 0 Å². The van der Waals surface area contributed by atoms with Gasteiger partial charge < -0.3 is 10.1 Å². The molecule has 8 nitrogen and oxygen atoms in total. The largest absolute Gasteiger partial charge is 0.453 e. The summed E-state index contributed by atoms with van der Waals surface area (Å²) in [6.07, 6.45) is 1.63. The second kappa shape index (κ2) is 8.41. The van der Waals surface area contributed by atoms with Crippen LogP contribution >= 0.6 is 0 Å². The van der Waals surface area contributed by atoms with Gasteiger partial charge in [-0.3, -0.25) is 14.4 Å². The van der Waals surface area contributed by atoms with Crippen LogP contribution in [0.4, 0.5) is 5.69 Å². The Bertz CT molecular complexity index is 788. The molecule has 26 heavy (non-hydrogen) atoms. The zero-order chi connectivity index (χ0) is 19.3. The molecule has 0 radical (unpaired) electrons. The lowest BCUT2D eigenvalue weighted by Gasteiger charge is -2.22. The second-order valence-corrected chi connectivity index (χ2v) is 7.90. The Morgan fingerprint density at radius 2 is 1.85 bits per heavy atom. The van der Waals surface area contributed by atoms with Crippen LogP contribution in [0.25, 0.3) is 0 Å². The van der Waals surface area contributed by atoms with Gasteiger partial charge in [-0.05, 0) is 50.5 Å². The van der Waals surface area contributed by atoms with Gasteiger partial charge in [-0.1, -0.05) is 0 Å². The molecule has 0 unspecified atom stereocenters. The van der Waals surface area contributed by atoms with E-state index in [9.17, 15) is 22.8 Å². The first-order chi connectivity index (χ1) is 12.2. The van der Waals surface area contributed by atoms with Gasteiger partial charge in [-0.25, -0.2) is 8.42 Å². The van der Waals surface area contributed by atoms with Crippen molar-refractivity contribution in [2.75, 3.05) is 5.32 Å². The summed E-state index contributed by atoms with van der Waals surface area (Å²) in [7, 11) is -3.95. The highest BCUT2D eigenvalue weighted by Gasteiger charge is 2.29. The number of amides is 1. The molecule has 1 saturated carbocycles. The van der Waals surface area contributed by atoms with Crippen molar-refractivity contribution < 1.29 is 27.5 Å². The number of hydrogen-bond donors (Lipinski definition) is 2. The number of ketones is 1. The summed E-state index contributed by atoms with van der Waals surface area (Å²) in [5.41, 5.74) is 0.458. The topological polar surface area (TPSA) is 119 Å². The fourth-order valence-electron chi connectivity index (χ4n) is 2.59. The summed E-state index contributed by atoms with van der Waals surface area (Å²) >= 11 is 0. The Morgan fingerprint density at radius 1 is 1.19 bits per heavy atom. The first-order valence-electron chi connectivity index (χ1n) is 8.32. The van der Waals surface area contributed by atoms with Crippen LogP contribution < -0.4 is 10.0 Å². The molecule has 0 saturated heterocycles. The number of nitrogens with one attached hydrogen (secondary N) is 2. The molecule has 0 spiro atoms. The van der Waals surface area contributed by atoms with Crippen molar-refractivity contribution in [1.82, 2.24) is 4.72 Å². The van der Waals surface area contributed by atoms with Crippen LogP contribution in [-0.4, -0.2) is 38.2 Å². The van der Waals surface area contributed by atoms with Gasteiger partial charge in [0.1, 0.15) is 6.04 Å². The number of carbonyl (C=O) groups is 3. The van der Waals surface area contributed by atoms with Crippen LogP contribution in [-0.2, 0) is 29.1 Å². The number of ether oxygens (including phenoxy) is 1. The minimum Gasteiger partial charge on any atom is -0.453 e. The zero-order valence-corrected chi connectivity index (χ0v) is 15.5. The number of benzene rings is 1. The third kappa shape index (κ3) is 5.37. The Labute approximate surface area is 152 Å². The molecule has 0 bridgehead atoms. The molecule has 0 heterocycles. The van der Waals surface area contributed by atoms with Gasteiger partial charge in [-0.15, -0.1) is 0 Å². The maximum Gasteiger partial charge on any atom is 0.324 e. The number of anilines is 1. The van der Waals surface area contributed by atoms with E-state index in [4.69, 9.17) is 4.74 Å². The molecule has 1 amide bonds. The van der Waals surface area contributed by atoms with E-state index in [2.05, 4.69) is 10.0 Å². The van der Waals surface area contributed by atoms with Gasteiger partial charge in [0.15, 0.2) is 11.9 Å². The maximum absolute atomic E-state index is 12.4. The lowest BCUT2D eigenvalue weighted by Crippen LogP contribution is -2.42. The van der Waals surface area contributed by atoms with Gasteiger partial charge in [0.2, 0.25) is 15.9 Å². The molecule has 2 rings (SSSR count). The van der Waals surface area contributed by atoms with Crippen LogP contribution in [0.2, 0.25) is 0 Å². The molecular formula is C17H22N2O6S. The first-order valence-corrected chi connectivity index (χ1v) is 9.80. The van der Waals surface area contributed by atoms with Crippen LogP contribution in [0, 0.1) is 0 Å². The van der Waals surface area contributed by atoms with Crippen molar-refractivity contribution in [3.8, 4) is 0 Å². The normalized spacial score (nSPS) is 18.8. The molecule has 1 aromatic rings. The van der Waals surface area contributed by atoms with E-state index in [0.29, 0.717) is 18.5 Å². The van der Waals surface area contributed by atoms with Crippen LogP contribution in [0.5, 0.6) is 0 Å². The average molecular weight is 382 g/mol. The molecule has 0 aliphatic heterocycles. The van der Waals surface area contributed by atoms with Crippen molar-refractivity contribution in [3.63, 3.8) is 0 Å². The van der Waals surface area contributed by atoms with E-state index in [-0.39, 0.29) is 16.6 Å². The van der Waals surface area contributed by atoms with Crippen molar-refractivity contribution >= 4 is 33.4 Å². The van der Waals surface area contributed by atoms with E-state index in [0.717, 1.165) is 12.8 Å². The highest BCUT2D eigenvalue weighted by Crippen LogP contribution is 2.18. The van der Waals surface area contributed by atoms with E-state index >= 15 is 0 Å². The molecule has 9 heteroatoms. The highest BCUT2D eigenvalue weighted by molar-refractivity contribution is 7.89. The Hall–Kier alpha value is -2.26. The molecule has 2 N–H and O–H groups in total. The average Bonchev–Trinajstić information content (AvgIpc) is 2.56. The van der Waals surface area contributed by atoms with Crippen LogP contribution in [0.3, 0.4) is 0 Å². The Kier molecular flexibility index (Phi) is 6.49. The number of hydrogen-bond acceptors (Lipinski definition) is 6. The monoisotopic (exact) mass is 382 g/mol. The van der Waals surface area contributed by atoms with Crippen molar-refractivity contribution in [1.29, 1.82) is 0 Å². The molecular weight excluding hydrogens is 360 g/mol. The van der Waals surface area contributed by atoms with Crippen LogP contribution in [0.1, 0.15) is 39.5 Å². The Morgan fingerprint density at radius 3 is 2.42 bits per heavy atom. The summed E-state index contributed by atoms with van der Waals surface area (Å²) in [6, 6.07) is 4.39. The minimum atomic E-state index is -3.95. The fourth-order valence-corrected chi connectivity index (χ4v) is 3.78. The molecule has 1 aromatic carbocycles. The fraction of sp³-hybridized carbons (Fsp3) is 0.471. The van der Waals surface area contributed by atoms with Crippen LogP contribution in [0.15, 0.2) is 29.2 Å². The predicted molar refractivity (Wildman–Crippen MR) is 93.9 cm³/mol. The van der Waals surface area contributed by atoms with Crippen molar-refractivity contribution in [3.05, 3.63) is 24.3 Å². The van der Waals surface area contributed by atoms with Gasteiger partial charge in [0, 0.05) is 19.0 Å². The van der Waals surface area contributed by atoms with Crippen molar-refractivity contribution in [2.24, 2.45) is 0 Å². The number of rotatable bonds is 6. The summed E-state index contributed by atoms with van der Waals surface area (Å²) in [6.45, 7) is 2.70. The second-order valence-electron chi connectivity index (χ2n) is 6.19. The number of carbonyl (C=O) groups excluding carboxylic acids is 3. The summed E-state index contributed by atoms with van der Waals surface area (Å²) in [5, 5.41) is 2.53. The third-order valence-electron chi connectivity index (χ3n) is 3.93. The van der Waals surface area contributed by atoms with Gasteiger partial charge in [0.05, 0.1) is 4.90 Å². The summed E-state index contributed by atoms with van der Waals surface area (Å²) in [4.78, 5) is 34.7. The molecule has 1 fully saturated rings. The molecule has 1 aliphatic carbocycles. The Balaban J connectivity index is 1.99. The SMILES string of the molecule is CC(=O)Nc1ccc(S(=O)(=O)N[C@@H](C)C(=O)O[C@H]2CCCCC2=O)cc1. The molecule has 2 atom stereocenters. The first kappa shape index (κ1) is 20.1. The number of esters is 1. The number of Topliss-reactive ketones (excluding diaryl/α,β-unsaturated/α-hetero) is 1. The summed E-state index contributed by atoms with van der Waals surface area (Å²) in [5.74, 6) is -1.19. The van der Waals surface area contributed by atoms with Crippen molar-refractivity contribution in [2.45, 2.75) is 56.6 Å². The molecule has 0 aromatic heterocycles. The highest BCUT2D eigenvalue weighted by atomic mass is 32.2. The predicted octanol–water partition coefficient (Wildman–Crippen LogP) is 1.37. The van der Waals surface area contributed by atoms with E-state index < -0.39 is 28.1 Å². The number of sulfonamides is 1. The van der Waals surface area contributed by atoms with Gasteiger partial charge >= 0.3 is 5.97 Å². The standard InChI is InChI=1S/C17H22N2O6S/c1-11(17(22)25-16-6-4-3-5-15(16)21)19-26(23,24)14-9-7-13(8-10-14)18-12(2)20/h7-11,16,19H,3-6H2,1-2H3,(H,18,20)/t11-,16-/m0/s1. The lowest BCUT2D eigenvalue weighted by atomic mass is 9.96. The van der Waals surface area contributed by atoms with Gasteiger partial charge in [-0.2, -0.15) is 4.72 Å². The lowest BCUT2D eigenvalue weighted by molar-refractivity contribution is -0.158. The quantitative estimate of drug-likeness (QED) is 0.717. The smallest absolute Gasteiger partial charge is 0.324 e. The zero-order valence-electron chi connectivity index (χ0n) is 14.7. The minimum absolute atomic E-state index is 0.0556. The molecule has 1 aliphatic rings. The summed E-state index contributed by atoms with van der Waals surface area (Å²) < 4.78 is 32.1. The van der Waals surface area contributed by atoms with Gasteiger partial charge in [0.25, 0.3) is 0 Å². The molecule has 142 valence electrons. The maximum atomic E-state index is 12.4. The van der Waals surface area contributed by atoms with E-state index in [1.165, 1.54) is 38.1 Å². The third-order valence-corrected chi connectivity index (χ3v) is 5.48. The van der Waals surface area contributed by atoms with E-state index in [1.54, 1.807) is 0 Å².